The zero-order valence-corrected chi connectivity index (χ0v) is 16.4. The Bertz CT molecular complexity index is 864. The molecule has 2 amide bonds. The third-order valence-electron chi connectivity index (χ3n) is 5.60. The standard InChI is InChI=1S/C21H26N4O3/c1-16(2)25-18(8-10-22-25)20(27)23-11-9-21(13-23)14-24(19(26)12-28-15-21)17-6-4-3-5-7-17/h3-8,10,16H,9,11-15H2,1-2H3. The van der Waals surface area contributed by atoms with Gasteiger partial charge >= 0.3 is 0 Å². The van der Waals surface area contributed by atoms with Crippen molar-refractivity contribution in [2.45, 2.75) is 26.3 Å². The van der Waals surface area contributed by atoms with E-state index in [1.807, 2.05) is 49.1 Å². The molecule has 0 radical (unpaired) electrons. The van der Waals surface area contributed by atoms with Crippen molar-refractivity contribution in [3.05, 3.63) is 48.3 Å². The molecule has 2 aromatic rings. The van der Waals surface area contributed by atoms with E-state index in [1.165, 1.54) is 0 Å². The van der Waals surface area contributed by atoms with E-state index in [9.17, 15) is 9.59 Å². The quantitative estimate of drug-likeness (QED) is 0.817. The lowest BCUT2D eigenvalue weighted by atomic mass is 9.87. The number of ether oxygens (including phenoxy) is 1. The Hall–Kier alpha value is -2.67. The maximum atomic E-state index is 13.1. The Labute approximate surface area is 164 Å². The zero-order chi connectivity index (χ0) is 19.7. The highest BCUT2D eigenvalue weighted by molar-refractivity contribution is 5.95. The van der Waals surface area contributed by atoms with Crippen LogP contribution in [0.1, 0.15) is 36.8 Å². The molecule has 1 unspecified atom stereocenters. The van der Waals surface area contributed by atoms with Gasteiger partial charge in [-0.15, -0.1) is 0 Å². The van der Waals surface area contributed by atoms with E-state index in [1.54, 1.807) is 21.8 Å². The normalized spacial score (nSPS) is 22.9. The minimum absolute atomic E-state index is 0.00934. The molecule has 3 heterocycles. The number of carbonyl (C=O) groups excluding carboxylic acids is 2. The summed E-state index contributed by atoms with van der Waals surface area (Å²) in [7, 11) is 0. The van der Waals surface area contributed by atoms with E-state index in [0.29, 0.717) is 31.9 Å². The predicted octanol–water partition coefficient (Wildman–Crippen LogP) is 2.36. The molecule has 1 atom stereocenters. The van der Waals surface area contributed by atoms with Crippen LogP contribution in [-0.2, 0) is 9.53 Å². The molecule has 7 heteroatoms. The first-order valence-electron chi connectivity index (χ1n) is 9.75. The number of para-hydroxylation sites is 1. The average molecular weight is 382 g/mol. The fourth-order valence-corrected chi connectivity index (χ4v) is 4.16. The van der Waals surface area contributed by atoms with Crippen LogP contribution in [0.5, 0.6) is 0 Å². The topological polar surface area (TPSA) is 67.7 Å². The lowest BCUT2D eigenvalue weighted by molar-refractivity contribution is -0.122. The fraction of sp³-hybridized carbons (Fsp3) is 0.476. The number of benzene rings is 1. The second-order valence-electron chi connectivity index (χ2n) is 8.04. The molecule has 0 saturated carbocycles. The predicted molar refractivity (Wildman–Crippen MR) is 105 cm³/mol. The molecule has 2 aliphatic heterocycles. The van der Waals surface area contributed by atoms with Crippen molar-refractivity contribution in [2.75, 3.05) is 37.7 Å². The number of rotatable bonds is 3. The maximum Gasteiger partial charge on any atom is 0.272 e. The fourth-order valence-electron chi connectivity index (χ4n) is 4.16. The largest absolute Gasteiger partial charge is 0.371 e. The minimum atomic E-state index is -0.250. The van der Waals surface area contributed by atoms with Gasteiger partial charge in [0.2, 0.25) is 0 Å². The lowest BCUT2D eigenvalue weighted by Crippen LogP contribution is -2.43. The number of hydrogen-bond donors (Lipinski definition) is 0. The monoisotopic (exact) mass is 382 g/mol. The molecule has 28 heavy (non-hydrogen) atoms. The van der Waals surface area contributed by atoms with E-state index in [4.69, 9.17) is 4.74 Å². The van der Waals surface area contributed by atoms with Gasteiger partial charge in [0.15, 0.2) is 0 Å². The highest BCUT2D eigenvalue weighted by Crippen LogP contribution is 2.36. The van der Waals surface area contributed by atoms with Gasteiger partial charge in [0.25, 0.3) is 11.8 Å². The summed E-state index contributed by atoms with van der Waals surface area (Å²) in [5.74, 6) is -0.0457. The summed E-state index contributed by atoms with van der Waals surface area (Å²) in [6.45, 7) is 6.37. The molecule has 148 valence electrons. The van der Waals surface area contributed by atoms with Crippen LogP contribution in [0.25, 0.3) is 0 Å². The molecular weight excluding hydrogens is 356 g/mol. The van der Waals surface area contributed by atoms with E-state index >= 15 is 0 Å². The molecule has 4 rings (SSSR count). The molecule has 2 aliphatic rings. The average Bonchev–Trinajstić information content (AvgIpc) is 3.30. The van der Waals surface area contributed by atoms with Crippen LogP contribution in [0.3, 0.4) is 0 Å². The summed E-state index contributed by atoms with van der Waals surface area (Å²) in [4.78, 5) is 29.4. The Morgan fingerprint density at radius 1 is 1.18 bits per heavy atom. The van der Waals surface area contributed by atoms with E-state index < -0.39 is 0 Å². The molecular formula is C21H26N4O3. The molecule has 2 saturated heterocycles. The number of nitrogens with zero attached hydrogens (tertiary/aromatic N) is 4. The first-order chi connectivity index (χ1) is 13.5. The van der Waals surface area contributed by atoms with Gasteiger partial charge in [-0.25, -0.2) is 0 Å². The van der Waals surface area contributed by atoms with Crippen molar-refractivity contribution < 1.29 is 14.3 Å². The molecule has 1 aromatic carbocycles. The van der Waals surface area contributed by atoms with Crippen LogP contribution in [0, 0.1) is 5.41 Å². The smallest absolute Gasteiger partial charge is 0.272 e. The first-order valence-corrected chi connectivity index (χ1v) is 9.75. The molecule has 2 fully saturated rings. The summed E-state index contributed by atoms with van der Waals surface area (Å²) < 4.78 is 7.49. The summed E-state index contributed by atoms with van der Waals surface area (Å²) in [5.41, 5.74) is 1.23. The Balaban J connectivity index is 1.55. The van der Waals surface area contributed by atoms with E-state index in [0.717, 1.165) is 12.1 Å². The zero-order valence-electron chi connectivity index (χ0n) is 16.4. The van der Waals surface area contributed by atoms with Crippen molar-refractivity contribution in [1.82, 2.24) is 14.7 Å². The van der Waals surface area contributed by atoms with Crippen LogP contribution in [0.15, 0.2) is 42.6 Å². The summed E-state index contributed by atoms with van der Waals surface area (Å²) >= 11 is 0. The number of amides is 2. The van der Waals surface area contributed by atoms with Crippen molar-refractivity contribution >= 4 is 17.5 Å². The lowest BCUT2D eigenvalue weighted by Gasteiger charge is -2.32. The number of likely N-dealkylation sites (tertiary alicyclic amines) is 1. The number of hydrogen-bond acceptors (Lipinski definition) is 4. The van der Waals surface area contributed by atoms with Gasteiger partial charge in [-0.05, 0) is 38.5 Å². The second-order valence-corrected chi connectivity index (χ2v) is 8.04. The summed E-state index contributed by atoms with van der Waals surface area (Å²) in [6, 6.07) is 11.6. The summed E-state index contributed by atoms with van der Waals surface area (Å²) in [6.07, 6.45) is 2.48. The van der Waals surface area contributed by atoms with E-state index in [2.05, 4.69) is 5.10 Å². The van der Waals surface area contributed by atoms with Crippen LogP contribution in [0.2, 0.25) is 0 Å². The van der Waals surface area contributed by atoms with Gasteiger partial charge in [0.05, 0.1) is 6.61 Å². The number of carbonyl (C=O) groups is 2. The molecule has 7 nitrogen and oxygen atoms in total. The molecule has 1 aromatic heterocycles. The van der Waals surface area contributed by atoms with Crippen LogP contribution in [0.4, 0.5) is 5.69 Å². The minimum Gasteiger partial charge on any atom is -0.371 e. The summed E-state index contributed by atoms with van der Waals surface area (Å²) in [5, 5.41) is 4.28. The van der Waals surface area contributed by atoms with Gasteiger partial charge in [-0.3, -0.25) is 14.3 Å². The van der Waals surface area contributed by atoms with Crippen molar-refractivity contribution in [1.29, 1.82) is 0 Å². The van der Waals surface area contributed by atoms with Crippen LogP contribution in [-0.4, -0.2) is 59.3 Å². The SMILES string of the molecule is CC(C)n1nccc1C(=O)N1CCC2(COCC(=O)N(c3ccccc3)C2)C1. The number of anilines is 1. The first kappa shape index (κ1) is 18.7. The highest BCUT2D eigenvalue weighted by atomic mass is 16.5. The van der Waals surface area contributed by atoms with Gasteiger partial charge in [-0.1, -0.05) is 18.2 Å². The second kappa shape index (κ2) is 7.39. The van der Waals surface area contributed by atoms with E-state index in [-0.39, 0.29) is 29.9 Å². The molecule has 0 aliphatic carbocycles. The van der Waals surface area contributed by atoms with Crippen molar-refractivity contribution in [3.63, 3.8) is 0 Å². The third-order valence-corrected chi connectivity index (χ3v) is 5.60. The third kappa shape index (κ3) is 3.42. The Morgan fingerprint density at radius 2 is 1.96 bits per heavy atom. The number of aromatic nitrogens is 2. The molecule has 0 bridgehead atoms. The van der Waals surface area contributed by atoms with Gasteiger partial charge in [0.1, 0.15) is 12.3 Å². The Kier molecular flexibility index (Phi) is 4.93. The van der Waals surface area contributed by atoms with Gasteiger partial charge < -0.3 is 14.5 Å². The molecule has 1 spiro atoms. The van der Waals surface area contributed by atoms with Crippen molar-refractivity contribution in [2.24, 2.45) is 5.41 Å². The van der Waals surface area contributed by atoms with Crippen LogP contribution >= 0.6 is 0 Å². The highest BCUT2D eigenvalue weighted by Gasteiger charge is 2.45. The maximum absolute atomic E-state index is 13.1. The van der Waals surface area contributed by atoms with Crippen LogP contribution < -0.4 is 4.90 Å². The molecule has 0 N–H and O–H groups in total. The van der Waals surface area contributed by atoms with Gasteiger partial charge in [-0.2, -0.15) is 5.10 Å². The Morgan fingerprint density at radius 3 is 2.71 bits per heavy atom. The van der Waals surface area contributed by atoms with Gasteiger partial charge in [0, 0.05) is 43.0 Å². The van der Waals surface area contributed by atoms with Crippen molar-refractivity contribution in [3.8, 4) is 0 Å².